The number of carbonyl (C=O) groups is 2. The molecule has 2 aromatic rings. The normalized spacial score (nSPS) is 14.3. The number of carboxylic acid groups (broad SMARTS) is 1. The number of nitrogens with one attached hydrogen (secondary N) is 1. The molecule has 2 N–H and O–H groups in total. The number of hydrogen-bond acceptors (Lipinski definition) is 4. The number of ether oxygens (including phenoxy) is 2. The van der Waals surface area contributed by atoms with Gasteiger partial charge in [-0.1, -0.05) is 18.2 Å². The van der Waals surface area contributed by atoms with Crippen molar-refractivity contribution in [2.75, 3.05) is 11.9 Å². The molecule has 6 nitrogen and oxygen atoms in total. The highest BCUT2D eigenvalue weighted by Gasteiger charge is 2.53. The molecule has 0 heterocycles. The van der Waals surface area contributed by atoms with Gasteiger partial charge >= 0.3 is 5.97 Å². The van der Waals surface area contributed by atoms with Crippen LogP contribution >= 0.6 is 0 Å². The Morgan fingerprint density at radius 2 is 1.69 bits per heavy atom. The quantitative estimate of drug-likeness (QED) is 0.673. The molecule has 0 saturated heterocycles. The van der Waals surface area contributed by atoms with E-state index < -0.39 is 11.6 Å². The molecule has 1 saturated carbocycles. The Hall–Kier alpha value is -3.02. The first kappa shape index (κ1) is 17.8. The Labute approximate surface area is 151 Å². The van der Waals surface area contributed by atoms with Crippen molar-refractivity contribution in [3.8, 4) is 11.5 Å². The summed E-state index contributed by atoms with van der Waals surface area (Å²) in [5.74, 6) is 0.329. The van der Waals surface area contributed by atoms with Gasteiger partial charge in [-0.05, 0) is 42.8 Å². The minimum atomic E-state index is -0.835. The van der Waals surface area contributed by atoms with Gasteiger partial charge in [0.05, 0.1) is 6.61 Å². The average Bonchev–Trinajstić information content (AvgIpc) is 3.41. The molecule has 0 radical (unpaired) electrons. The van der Waals surface area contributed by atoms with Crippen LogP contribution in [0.2, 0.25) is 0 Å². The van der Waals surface area contributed by atoms with E-state index in [-0.39, 0.29) is 12.3 Å². The van der Waals surface area contributed by atoms with E-state index >= 15 is 0 Å². The average molecular weight is 355 g/mol. The Kier molecular flexibility index (Phi) is 5.41. The first-order chi connectivity index (χ1) is 12.6. The molecular weight excluding hydrogens is 334 g/mol. The molecule has 1 fully saturated rings. The van der Waals surface area contributed by atoms with Crippen LogP contribution in [0.1, 0.15) is 25.7 Å². The fraction of sp³-hybridized carbons (Fsp3) is 0.300. The molecule has 1 amide bonds. The van der Waals surface area contributed by atoms with Crippen LogP contribution in [0.4, 0.5) is 5.69 Å². The summed E-state index contributed by atoms with van der Waals surface area (Å²) in [6.07, 6.45) is 1.92. The molecule has 26 heavy (non-hydrogen) atoms. The second kappa shape index (κ2) is 7.91. The fourth-order valence-electron chi connectivity index (χ4n) is 2.50. The SMILES string of the molecule is O=C(O)CCCOc1ccc(NC(=O)C2(Oc3ccccc3)CC2)cc1. The largest absolute Gasteiger partial charge is 0.494 e. The van der Waals surface area contributed by atoms with Crippen LogP contribution in [0.3, 0.4) is 0 Å². The van der Waals surface area contributed by atoms with E-state index in [0.717, 1.165) is 0 Å². The Morgan fingerprint density at radius 1 is 1.00 bits per heavy atom. The lowest BCUT2D eigenvalue weighted by molar-refractivity contribution is -0.137. The number of hydrogen-bond donors (Lipinski definition) is 2. The minimum absolute atomic E-state index is 0.0810. The molecule has 6 heteroatoms. The first-order valence-corrected chi connectivity index (χ1v) is 8.58. The van der Waals surface area contributed by atoms with Crippen LogP contribution in [-0.4, -0.2) is 29.2 Å². The van der Waals surface area contributed by atoms with Gasteiger partial charge in [-0.15, -0.1) is 0 Å². The van der Waals surface area contributed by atoms with E-state index in [0.29, 0.717) is 43.1 Å². The van der Waals surface area contributed by atoms with Crippen molar-refractivity contribution in [2.45, 2.75) is 31.3 Å². The van der Waals surface area contributed by atoms with Gasteiger partial charge in [-0.3, -0.25) is 9.59 Å². The topological polar surface area (TPSA) is 84.9 Å². The zero-order chi connectivity index (χ0) is 18.4. The number of para-hydroxylation sites is 1. The van der Waals surface area contributed by atoms with Gasteiger partial charge in [-0.25, -0.2) is 0 Å². The molecule has 1 aliphatic rings. The molecule has 2 aromatic carbocycles. The van der Waals surface area contributed by atoms with Gasteiger partial charge in [0.15, 0.2) is 5.60 Å². The van der Waals surface area contributed by atoms with Crippen LogP contribution in [0.15, 0.2) is 54.6 Å². The van der Waals surface area contributed by atoms with Crippen molar-refractivity contribution in [3.05, 3.63) is 54.6 Å². The predicted molar refractivity (Wildman–Crippen MR) is 96.5 cm³/mol. The Bertz CT molecular complexity index is 754. The standard InChI is InChI=1S/C20H21NO5/c22-18(23)7-4-14-25-16-10-8-15(9-11-16)21-19(24)20(12-13-20)26-17-5-2-1-3-6-17/h1-3,5-6,8-11H,4,7,12-14H2,(H,21,24)(H,22,23). The van der Waals surface area contributed by atoms with Gasteiger partial charge in [0.1, 0.15) is 11.5 Å². The smallest absolute Gasteiger partial charge is 0.303 e. The van der Waals surface area contributed by atoms with Crippen LogP contribution in [-0.2, 0) is 9.59 Å². The number of anilines is 1. The fourth-order valence-corrected chi connectivity index (χ4v) is 2.50. The first-order valence-electron chi connectivity index (χ1n) is 8.58. The molecule has 1 aliphatic carbocycles. The van der Waals surface area contributed by atoms with Crippen LogP contribution in [0, 0.1) is 0 Å². The lowest BCUT2D eigenvalue weighted by Crippen LogP contribution is -2.35. The van der Waals surface area contributed by atoms with Gasteiger partial charge in [0.2, 0.25) is 0 Å². The summed E-state index contributed by atoms with van der Waals surface area (Å²) in [5, 5.41) is 11.5. The molecule has 0 unspecified atom stereocenters. The summed E-state index contributed by atoms with van der Waals surface area (Å²) in [4.78, 5) is 23.0. The highest BCUT2D eigenvalue weighted by molar-refractivity contribution is 5.99. The second-order valence-electron chi connectivity index (χ2n) is 6.23. The maximum Gasteiger partial charge on any atom is 0.303 e. The maximum absolute atomic E-state index is 12.5. The second-order valence-corrected chi connectivity index (χ2v) is 6.23. The lowest BCUT2D eigenvalue weighted by Gasteiger charge is -2.18. The summed E-state index contributed by atoms with van der Waals surface area (Å²) < 4.78 is 11.3. The highest BCUT2D eigenvalue weighted by atomic mass is 16.5. The number of aliphatic carboxylic acids is 1. The predicted octanol–water partition coefficient (Wildman–Crippen LogP) is 3.48. The van der Waals surface area contributed by atoms with Crippen molar-refractivity contribution >= 4 is 17.6 Å². The summed E-state index contributed by atoms with van der Waals surface area (Å²) in [7, 11) is 0. The van der Waals surface area contributed by atoms with Gasteiger partial charge in [0.25, 0.3) is 5.91 Å². The molecule has 0 atom stereocenters. The Morgan fingerprint density at radius 3 is 2.31 bits per heavy atom. The van der Waals surface area contributed by atoms with E-state index in [1.165, 1.54) is 0 Å². The lowest BCUT2D eigenvalue weighted by atomic mass is 10.2. The van der Waals surface area contributed by atoms with Gasteiger partial charge in [0, 0.05) is 24.9 Å². The minimum Gasteiger partial charge on any atom is -0.494 e. The van der Waals surface area contributed by atoms with Crippen LogP contribution < -0.4 is 14.8 Å². The van der Waals surface area contributed by atoms with E-state index in [1.807, 2.05) is 30.3 Å². The summed E-state index contributed by atoms with van der Waals surface area (Å²) in [6.45, 7) is 0.339. The molecule has 3 rings (SSSR count). The number of benzene rings is 2. The van der Waals surface area contributed by atoms with Gasteiger partial charge < -0.3 is 19.9 Å². The summed E-state index contributed by atoms with van der Waals surface area (Å²) in [6, 6.07) is 16.3. The van der Waals surface area contributed by atoms with Crippen LogP contribution in [0.5, 0.6) is 11.5 Å². The van der Waals surface area contributed by atoms with Crippen molar-refractivity contribution in [3.63, 3.8) is 0 Å². The third-order valence-corrected chi connectivity index (χ3v) is 4.09. The maximum atomic E-state index is 12.5. The monoisotopic (exact) mass is 355 g/mol. The van der Waals surface area contributed by atoms with E-state index in [1.54, 1.807) is 24.3 Å². The number of amides is 1. The molecule has 136 valence electrons. The molecule has 0 spiro atoms. The van der Waals surface area contributed by atoms with Crippen molar-refractivity contribution in [1.29, 1.82) is 0 Å². The summed E-state index contributed by atoms with van der Waals surface area (Å²) in [5.41, 5.74) is -0.122. The van der Waals surface area contributed by atoms with E-state index in [4.69, 9.17) is 14.6 Å². The molecule has 0 bridgehead atoms. The van der Waals surface area contributed by atoms with Crippen molar-refractivity contribution in [2.24, 2.45) is 0 Å². The number of carboxylic acids is 1. The zero-order valence-electron chi connectivity index (χ0n) is 14.3. The van der Waals surface area contributed by atoms with Gasteiger partial charge in [-0.2, -0.15) is 0 Å². The van der Waals surface area contributed by atoms with E-state index in [2.05, 4.69) is 5.32 Å². The third kappa shape index (κ3) is 4.75. The molecule has 0 aliphatic heterocycles. The number of rotatable bonds is 9. The molecule has 0 aromatic heterocycles. The summed E-state index contributed by atoms with van der Waals surface area (Å²) >= 11 is 0. The third-order valence-electron chi connectivity index (χ3n) is 4.09. The highest BCUT2D eigenvalue weighted by Crippen LogP contribution is 2.41. The van der Waals surface area contributed by atoms with Crippen LogP contribution in [0.25, 0.3) is 0 Å². The molecular formula is C20H21NO5. The zero-order valence-corrected chi connectivity index (χ0v) is 14.3. The Balaban J connectivity index is 1.51. The van der Waals surface area contributed by atoms with Crippen molar-refractivity contribution in [1.82, 2.24) is 0 Å². The number of carbonyl (C=O) groups excluding carboxylic acids is 1. The van der Waals surface area contributed by atoms with E-state index in [9.17, 15) is 9.59 Å². The van der Waals surface area contributed by atoms with Crippen molar-refractivity contribution < 1.29 is 24.2 Å².